The van der Waals surface area contributed by atoms with Gasteiger partial charge in [-0.1, -0.05) is 11.2 Å². The Labute approximate surface area is 171 Å². The summed E-state index contributed by atoms with van der Waals surface area (Å²) in [5, 5.41) is 10.9. The third-order valence-electron chi connectivity index (χ3n) is 5.43. The summed E-state index contributed by atoms with van der Waals surface area (Å²) in [6, 6.07) is 7.42. The minimum absolute atomic E-state index is 0.225. The van der Waals surface area contributed by atoms with E-state index in [1.807, 2.05) is 0 Å². The molecule has 8 nitrogen and oxygen atoms in total. The van der Waals surface area contributed by atoms with Gasteiger partial charge in [-0.05, 0) is 37.5 Å². The fourth-order valence-corrected chi connectivity index (χ4v) is 3.68. The van der Waals surface area contributed by atoms with Crippen molar-refractivity contribution in [2.24, 2.45) is 0 Å². The molecule has 1 aliphatic heterocycles. The molecule has 3 aromatic rings. The Hall–Kier alpha value is -3.49. The number of nitrogens with one attached hydrogen (secondary N) is 1. The van der Waals surface area contributed by atoms with Gasteiger partial charge in [0.1, 0.15) is 11.6 Å². The Morgan fingerprint density at radius 2 is 2.07 bits per heavy atom. The minimum Gasteiger partial charge on any atom is -0.360 e. The smallest absolute Gasteiger partial charge is 0.276 e. The third-order valence-corrected chi connectivity index (χ3v) is 5.43. The van der Waals surface area contributed by atoms with Crippen LogP contribution in [0.15, 0.2) is 41.1 Å². The highest BCUT2D eigenvalue weighted by Gasteiger charge is 2.31. The number of aromatic nitrogens is 3. The fraction of sp³-hybridized carbons (Fsp3) is 0.333. The van der Waals surface area contributed by atoms with Crippen molar-refractivity contribution in [2.45, 2.75) is 38.3 Å². The van der Waals surface area contributed by atoms with E-state index < -0.39 is 11.7 Å². The zero-order valence-corrected chi connectivity index (χ0v) is 16.2. The molecule has 0 radical (unpaired) electrons. The van der Waals surface area contributed by atoms with E-state index in [1.54, 1.807) is 21.7 Å². The molecule has 5 rings (SSSR count). The molecule has 0 unspecified atom stereocenters. The molecule has 154 valence electrons. The van der Waals surface area contributed by atoms with Crippen LogP contribution >= 0.6 is 0 Å². The van der Waals surface area contributed by atoms with Crippen molar-refractivity contribution in [3.8, 4) is 0 Å². The molecule has 1 fully saturated rings. The van der Waals surface area contributed by atoms with E-state index in [4.69, 9.17) is 4.52 Å². The molecule has 2 aliphatic rings. The van der Waals surface area contributed by atoms with Crippen molar-refractivity contribution in [1.82, 2.24) is 19.8 Å². The second-order valence-corrected chi connectivity index (χ2v) is 7.66. The lowest BCUT2D eigenvalue weighted by molar-refractivity contribution is 0.0733. The second kappa shape index (κ2) is 7.40. The number of aryl methyl sites for hydroxylation is 1. The number of rotatable bonds is 4. The number of halogens is 1. The molecule has 0 saturated heterocycles. The monoisotopic (exact) mass is 409 g/mol. The van der Waals surface area contributed by atoms with Gasteiger partial charge in [0.2, 0.25) is 0 Å². The lowest BCUT2D eigenvalue weighted by Crippen LogP contribution is -2.31. The summed E-state index contributed by atoms with van der Waals surface area (Å²) in [6.07, 6.45) is 4.32. The number of carbonyl (C=O) groups excluding carboxylic acids is 2. The number of hydrogen-bond donors (Lipinski definition) is 1. The largest absolute Gasteiger partial charge is 0.360 e. The number of nitrogens with zero attached hydrogens (tertiary/aromatic N) is 4. The van der Waals surface area contributed by atoms with Crippen LogP contribution in [0.4, 0.5) is 10.1 Å². The number of benzene rings is 1. The SMILES string of the molecule is O=C(Nc1cccc(F)c1)c1cnn2c1CN(C(=O)c1cc(C3CC3)on1)CCC2. The first kappa shape index (κ1) is 18.5. The van der Waals surface area contributed by atoms with Crippen molar-refractivity contribution in [2.75, 3.05) is 11.9 Å². The van der Waals surface area contributed by atoms with Crippen LogP contribution in [0.1, 0.15) is 57.5 Å². The molecule has 1 N–H and O–H groups in total. The average Bonchev–Trinajstić information content (AvgIpc) is 3.39. The molecule has 0 atom stereocenters. The predicted molar refractivity (Wildman–Crippen MR) is 104 cm³/mol. The van der Waals surface area contributed by atoms with Crippen LogP contribution in [0.5, 0.6) is 0 Å². The summed E-state index contributed by atoms with van der Waals surface area (Å²) in [4.78, 5) is 27.4. The predicted octanol–water partition coefficient (Wildman–Crippen LogP) is 3.19. The molecule has 1 aliphatic carbocycles. The van der Waals surface area contributed by atoms with E-state index >= 15 is 0 Å². The second-order valence-electron chi connectivity index (χ2n) is 7.66. The molecule has 9 heteroatoms. The molecular formula is C21H20FN5O3. The highest BCUT2D eigenvalue weighted by molar-refractivity contribution is 6.05. The maximum Gasteiger partial charge on any atom is 0.276 e. The zero-order valence-electron chi connectivity index (χ0n) is 16.2. The van der Waals surface area contributed by atoms with E-state index in [2.05, 4.69) is 15.6 Å². The summed E-state index contributed by atoms with van der Waals surface area (Å²) in [5.74, 6) is 0.0816. The fourth-order valence-electron chi connectivity index (χ4n) is 3.68. The number of carbonyl (C=O) groups is 2. The van der Waals surface area contributed by atoms with Crippen molar-refractivity contribution >= 4 is 17.5 Å². The highest BCUT2D eigenvalue weighted by atomic mass is 19.1. The summed E-state index contributed by atoms with van der Waals surface area (Å²) in [5.41, 5.74) is 1.64. The lowest BCUT2D eigenvalue weighted by Gasteiger charge is -2.19. The molecule has 2 aromatic heterocycles. The van der Waals surface area contributed by atoms with Gasteiger partial charge >= 0.3 is 0 Å². The van der Waals surface area contributed by atoms with Crippen LogP contribution in [-0.2, 0) is 13.1 Å². The first-order chi connectivity index (χ1) is 14.6. The first-order valence-electron chi connectivity index (χ1n) is 9.96. The lowest BCUT2D eigenvalue weighted by atomic mass is 10.2. The molecular weight excluding hydrogens is 389 g/mol. The van der Waals surface area contributed by atoms with Crippen LogP contribution < -0.4 is 5.32 Å². The van der Waals surface area contributed by atoms with Gasteiger partial charge < -0.3 is 14.7 Å². The summed E-state index contributed by atoms with van der Waals surface area (Å²) >= 11 is 0. The average molecular weight is 409 g/mol. The molecule has 0 bridgehead atoms. The highest BCUT2D eigenvalue weighted by Crippen LogP contribution is 2.40. The van der Waals surface area contributed by atoms with E-state index in [1.165, 1.54) is 24.4 Å². The van der Waals surface area contributed by atoms with E-state index in [0.717, 1.165) is 18.6 Å². The number of anilines is 1. The van der Waals surface area contributed by atoms with Gasteiger partial charge in [0.25, 0.3) is 11.8 Å². The molecule has 1 saturated carbocycles. The summed E-state index contributed by atoms with van der Waals surface area (Å²) in [7, 11) is 0. The normalized spacial score (nSPS) is 16.1. The van der Waals surface area contributed by atoms with Gasteiger partial charge in [-0.25, -0.2) is 4.39 Å². The van der Waals surface area contributed by atoms with Gasteiger partial charge in [-0.3, -0.25) is 14.3 Å². The van der Waals surface area contributed by atoms with Gasteiger partial charge in [0.05, 0.1) is 24.0 Å². The molecule has 0 spiro atoms. The van der Waals surface area contributed by atoms with Gasteiger partial charge in [0, 0.05) is 30.8 Å². The summed E-state index contributed by atoms with van der Waals surface area (Å²) in [6.45, 7) is 1.35. The topological polar surface area (TPSA) is 93.3 Å². The van der Waals surface area contributed by atoms with E-state index in [9.17, 15) is 14.0 Å². The van der Waals surface area contributed by atoms with Crippen LogP contribution in [0, 0.1) is 5.82 Å². The van der Waals surface area contributed by atoms with E-state index in [-0.39, 0.29) is 18.1 Å². The Bertz CT molecular complexity index is 1120. The Morgan fingerprint density at radius 3 is 2.87 bits per heavy atom. The number of fused-ring (bicyclic) bond motifs is 1. The first-order valence-corrected chi connectivity index (χ1v) is 9.96. The Balaban J connectivity index is 1.36. The van der Waals surface area contributed by atoms with Crippen molar-refractivity contribution < 1.29 is 18.5 Å². The number of amides is 2. The quantitative estimate of drug-likeness (QED) is 0.714. The zero-order chi connectivity index (χ0) is 20.7. The van der Waals surface area contributed by atoms with E-state index in [0.29, 0.717) is 42.4 Å². The summed E-state index contributed by atoms with van der Waals surface area (Å²) < 4.78 is 20.5. The van der Waals surface area contributed by atoms with Gasteiger partial charge in [0.15, 0.2) is 5.69 Å². The molecule has 3 heterocycles. The standard InChI is InChI=1S/C21H20FN5O3/c22-14-3-1-4-15(9-14)24-20(28)16-11-23-27-8-2-7-26(12-18(16)27)21(29)17-10-19(30-25-17)13-5-6-13/h1,3-4,9-11,13H,2,5-8,12H2,(H,24,28). The van der Waals surface area contributed by atoms with Crippen LogP contribution in [-0.4, -0.2) is 38.2 Å². The Kier molecular flexibility index (Phi) is 4.57. The van der Waals surface area contributed by atoms with Crippen LogP contribution in [0.25, 0.3) is 0 Å². The third kappa shape index (κ3) is 3.58. The van der Waals surface area contributed by atoms with Crippen molar-refractivity contribution in [3.05, 3.63) is 65.1 Å². The molecule has 1 aromatic carbocycles. The van der Waals surface area contributed by atoms with Crippen molar-refractivity contribution in [3.63, 3.8) is 0 Å². The van der Waals surface area contributed by atoms with Crippen molar-refractivity contribution in [1.29, 1.82) is 0 Å². The van der Waals surface area contributed by atoms with Crippen LogP contribution in [0.3, 0.4) is 0 Å². The maximum absolute atomic E-state index is 13.4. The maximum atomic E-state index is 13.4. The number of hydrogen-bond acceptors (Lipinski definition) is 5. The minimum atomic E-state index is -0.434. The van der Waals surface area contributed by atoms with Crippen LogP contribution in [0.2, 0.25) is 0 Å². The van der Waals surface area contributed by atoms with Gasteiger partial charge in [-0.15, -0.1) is 0 Å². The Morgan fingerprint density at radius 1 is 1.20 bits per heavy atom. The van der Waals surface area contributed by atoms with Gasteiger partial charge in [-0.2, -0.15) is 5.10 Å². The molecule has 2 amide bonds. The molecule has 30 heavy (non-hydrogen) atoms.